The molecule has 1 spiro atoms. The van der Waals surface area contributed by atoms with Crippen molar-refractivity contribution in [2.75, 3.05) is 7.05 Å². The van der Waals surface area contributed by atoms with Crippen molar-refractivity contribution < 1.29 is 19.1 Å². The van der Waals surface area contributed by atoms with E-state index in [1.54, 1.807) is 6.20 Å². The van der Waals surface area contributed by atoms with Gasteiger partial charge < -0.3 is 20.4 Å². The molecule has 3 rings (SSSR count). The fraction of sp³-hybridized carbons (Fsp3) is 0.550. The minimum Gasteiger partial charge on any atom is -0.435 e. The number of aromatic amines is 1. The number of hydrogen-bond acceptors (Lipinski definition) is 6. The molecule has 0 unspecified atom stereocenters. The van der Waals surface area contributed by atoms with Crippen LogP contribution in [-0.4, -0.2) is 47.3 Å². The van der Waals surface area contributed by atoms with Gasteiger partial charge in [-0.25, -0.2) is 10.2 Å². The number of H-pyrrole nitrogens is 1. The summed E-state index contributed by atoms with van der Waals surface area (Å²) in [4.78, 5) is 49.3. The highest BCUT2D eigenvalue weighted by Gasteiger charge is 2.46. The van der Waals surface area contributed by atoms with Gasteiger partial charge in [0.05, 0.1) is 0 Å². The number of carbonyl (C=O) groups is 3. The first-order valence-electron chi connectivity index (χ1n) is 10.0. The third kappa shape index (κ3) is 4.52. The number of hydrogen-bond donors (Lipinski definition) is 4. The van der Waals surface area contributed by atoms with Crippen LogP contribution in [0.15, 0.2) is 22.2 Å². The van der Waals surface area contributed by atoms with Crippen LogP contribution in [0.5, 0.6) is 0 Å². The molecule has 0 aromatic carbocycles. The van der Waals surface area contributed by atoms with Crippen molar-refractivity contribution in [2.45, 2.75) is 57.6 Å². The number of likely N-dealkylation sites (N-methyl/N-ethyl adjacent to an activating group) is 1. The molecule has 162 valence electrons. The van der Waals surface area contributed by atoms with Crippen LogP contribution in [0.1, 0.15) is 50.2 Å². The van der Waals surface area contributed by atoms with Gasteiger partial charge in [0.2, 0.25) is 5.56 Å². The molecule has 1 saturated carbocycles. The SMILES string of the molecule is CNC(=O)C(=O)N[C@@H](C)CC1CCC2(CC1)OC(=O)NN=C2c1c[nH]c(=O)cc1C. The van der Waals surface area contributed by atoms with Crippen molar-refractivity contribution in [3.8, 4) is 0 Å². The molecule has 10 nitrogen and oxygen atoms in total. The zero-order valence-electron chi connectivity index (χ0n) is 17.3. The van der Waals surface area contributed by atoms with Crippen LogP contribution in [0.2, 0.25) is 0 Å². The summed E-state index contributed by atoms with van der Waals surface area (Å²) in [6, 6.07) is 1.34. The number of rotatable bonds is 4. The standard InChI is InChI=1S/C20H27N5O5/c1-11-8-15(26)22-10-14(11)16-20(30-19(29)25-24-16)6-4-13(5-7-20)9-12(2)23-18(28)17(27)21-3/h8,10,12-13H,4-7,9H2,1-3H3,(H,21,27)(H,22,26)(H,23,28)(H,25,29)/t12-,13?,20?/m0/s1. The molecule has 1 fully saturated rings. The molecule has 0 radical (unpaired) electrons. The first-order valence-corrected chi connectivity index (χ1v) is 10.0. The van der Waals surface area contributed by atoms with Crippen molar-refractivity contribution in [1.29, 1.82) is 0 Å². The lowest BCUT2D eigenvalue weighted by Gasteiger charge is -2.42. The third-order valence-electron chi connectivity index (χ3n) is 5.78. The summed E-state index contributed by atoms with van der Waals surface area (Å²) in [5.74, 6) is -1.00. The minimum atomic E-state index is -0.851. The number of aryl methyl sites for hydroxylation is 1. The highest BCUT2D eigenvalue weighted by molar-refractivity contribution is 6.35. The second-order valence-corrected chi connectivity index (χ2v) is 7.98. The maximum atomic E-state index is 11.9. The number of hydrazone groups is 1. The van der Waals surface area contributed by atoms with E-state index >= 15 is 0 Å². The second-order valence-electron chi connectivity index (χ2n) is 7.98. The zero-order chi connectivity index (χ0) is 21.9. The van der Waals surface area contributed by atoms with E-state index in [0.717, 1.165) is 30.4 Å². The molecule has 2 aliphatic rings. The number of nitrogens with zero attached hydrogens (tertiary/aromatic N) is 1. The van der Waals surface area contributed by atoms with E-state index in [1.165, 1.54) is 13.1 Å². The van der Waals surface area contributed by atoms with E-state index in [0.29, 0.717) is 24.5 Å². The molecular formula is C20H27N5O5. The topological polar surface area (TPSA) is 142 Å². The Bertz CT molecular complexity index is 930. The Morgan fingerprint density at radius 3 is 2.63 bits per heavy atom. The van der Waals surface area contributed by atoms with Gasteiger partial charge in [-0.05, 0) is 57.4 Å². The number of aromatic nitrogens is 1. The van der Waals surface area contributed by atoms with Crippen LogP contribution in [-0.2, 0) is 14.3 Å². The molecule has 1 aliphatic heterocycles. The van der Waals surface area contributed by atoms with E-state index in [-0.39, 0.29) is 11.6 Å². The van der Waals surface area contributed by atoms with Crippen molar-refractivity contribution in [3.05, 3.63) is 33.7 Å². The van der Waals surface area contributed by atoms with Crippen molar-refractivity contribution in [2.24, 2.45) is 11.0 Å². The summed E-state index contributed by atoms with van der Waals surface area (Å²) in [6.07, 6.45) is 4.43. The molecule has 4 N–H and O–H groups in total. The van der Waals surface area contributed by atoms with Gasteiger partial charge >= 0.3 is 17.9 Å². The molecule has 1 aromatic heterocycles. The first-order chi connectivity index (χ1) is 14.2. The van der Waals surface area contributed by atoms with E-state index < -0.39 is 23.5 Å². The summed E-state index contributed by atoms with van der Waals surface area (Å²) in [6.45, 7) is 3.69. The van der Waals surface area contributed by atoms with Gasteiger partial charge in [-0.2, -0.15) is 5.10 Å². The second kappa shape index (κ2) is 8.68. The van der Waals surface area contributed by atoms with Crippen LogP contribution >= 0.6 is 0 Å². The number of amides is 3. The quantitative estimate of drug-likeness (QED) is 0.534. The highest BCUT2D eigenvalue weighted by Crippen LogP contribution is 2.40. The lowest BCUT2D eigenvalue weighted by Crippen LogP contribution is -2.53. The molecule has 3 amide bonds. The normalized spacial score (nSPS) is 24.3. The molecule has 1 atom stereocenters. The molecule has 30 heavy (non-hydrogen) atoms. The van der Waals surface area contributed by atoms with Crippen LogP contribution in [0.25, 0.3) is 0 Å². The number of pyridine rings is 1. The Labute approximate surface area is 173 Å². The summed E-state index contributed by atoms with van der Waals surface area (Å²) in [5.41, 5.74) is 3.41. The van der Waals surface area contributed by atoms with E-state index in [9.17, 15) is 19.2 Å². The first kappa shape index (κ1) is 21.5. The smallest absolute Gasteiger partial charge is 0.428 e. The van der Waals surface area contributed by atoms with Gasteiger partial charge in [-0.1, -0.05) is 0 Å². The predicted molar refractivity (Wildman–Crippen MR) is 109 cm³/mol. The van der Waals surface area contributed by atoms with Crippen LogP contribution in [0.3, 0.4) is 0 Å². The van der Waals surface area contributed by atoms with Gasteiger partial charge in [-0.3, -0.25) is 14.4 Å². The largest absolute Gasteiger partial charge is 0.435 e. The van der Waals surface area contributed by atoms with Crippen molar-refractivity contribution in [1.82, 2.24) is 21.0 Å². The van der Waals surface area contributed by atoms with E-state index in [1.807, 2.05) is 13.8 Å². The lowest BCUT2D eigenvalue weighted by molar-refractivity contribution is -0.139. The summed E-state index contributed by atoms with van der Waals surface area (Å²) in [5, 5.41) is 9.27. The summed E-state index contributed by atoms with van der Waals surface area (Å²) >= 11 is 0. The van der Waals surface area contributed by atoms with Gasteiger partial charge in [0, 0.05) is 30.9 Å². The average molecular weight is 417 g/mol. The Morgan fingerprint density at radius 2 is 2.00 bits per heavy atom. The number of ether oxygens (including phenoxy) is 1. The molecule has 10 heteroatoms. The van der Waals surface area contributed by atoms with Gasteiger partial charge in [-0.15, -0.1) is 0 Å². The molecule has 2 heterocycles. The maximum absolute atomic E-state index is 11.9. The monoisotopic (exact) mass is 417 g/mol. The number of nitrogens with one attached hydrogen (secondary N) is 4. The predicted octanol–water partition coefficient (Wildman–Crippen LogP) is 0.697. The third-order valence-corrected chi connectivity index (χ3v) is 5.78. The van der Waals surface area contributed by atoms with Crippen LogP contribution in [0.4, 0.5) is 4.79 Å². The Hall–Kier alpha value is -3.17. The van der Waals surface area contributed by atoms with Gasteiger partial charge in [0.15, 0.2) is 5.60 Å². The van der Waals surface area contributed by atoms with Crippen molar-refractivity contribution >= 4 is 23.6 Å². The molecular weight excluding hydrogens is 390 g/mol. The Balaban J connectivity index is 1.70. The molecule has 1 aromatic rings. The Morgan fingerprint density at radius 1 is 1.30 bits per heavy atom. The minimum absolute atomic E-state index is 0.154. The van der Waals surface area contributed by atoms with Crippen molar-refractivity contribution in [3.63, 3.8) is 0 Å². The van der Waals surface area contributed by atoms with E-state index in [4.69, 9.17) is 4.74 Å². The zero-order valence-corrected chi connectivity index (χ0v) is 17.3. The molecule has 0 saturated heterocycles. The van der Waals surface area contributed by atoms with Gasteiger partial charge in [0.25, 0.3) is 0 Å². The molecule has 0 bridgehead atoms. The summed E-state index contributed by atoms with van der Waals surface area (Å²) in [7, 11) is 1.41. The number of carbonyl (C=O) groups excluding carboxylic acids is 3. The van der Waals surface area contributed by atoms with Crippen LogP contribution < -0.4 is 21.6 Å². The highest BCUT2D eigenvalue weighted by atomic mass is 16.6. The fourth-order valence-electron chi connectivity index (χ4n) is 4.27. The Kier molecular flexibility index (Phi) is 6.23. The fourth-order valence-corrected chi connectivity index (χ4v) is 4.27. The van der Waals surface area contributed by atoms with Gasteiger partial charge in [0.1, 0.15) is 5.71 Å². The lowest BCUT2D eigenvalue weighted by atomic mass is 9.72. The molecule has 1 aliphatic carbocycles. The summed E-state index contributed by atoms with van der Waals surface area (Å²) < 4.78 is 5.74. The van der Waals surface area contributed by atoms with Crippen LogP contribution in [0, 0.1) is 12.8 Å². The average Bonchev–Trinajstić information content (AvgIpc) is 2.70. The maximum Gasteiger partial charge on any atom is 0.428 e. The van der Waals surface area contributed by atoms with E-state index in [2.05, 4.69) is 26.1 Å².